The highest BCUT2D eigenvalue weighted by molar-refractivity contribution is 5.94. The number of carbonyl (C=O) groups is 1. The molecule has 31 heavy (non-hydrogen) atoms. The fourth-order valence-corrected chi connectivity index (χ4v) is 3.53. The SMILES string of the molecule is Cc1cccc(Nc2ccc(N3CCN(C(=O)c4ccc(N(C)C)cc4)CC3)nn2)n1. The van der Waals surface area contributed by atoms with Crippen LogP contribution in [0.2, 0.25) is 0 Å². The summed E-state index contributed by atoms with van der Waals surface area (Å²) in [6, 6.07) is 17.4. The number of hydrogen-bond acceptors (Lipinski definition) is 7. The highest BCUT2D eigenvalue weighted by atomic mass is 16.2. The predicted octanol–water partition coefficient (Wildman–Crippen LogP) is 2.95. The third kappa shape index (κ3) is 4.91. The molecule has 1 N–H and O–H groups in total. The number of aryl methyl sites for hydroxylation is 1. The first kappa shape index (κ1) is 20.6. The standard InChI is InChI=1S/C23H27N7O/c1-17-5-4-6-20(24-17)25-21-11-12-22(27-26-21)29-13-15-30(16-14-29)23(31)18-7-9-19(10-8-18)28(2)3/h4-12H,13-16H2,1-3H3,(H,24,25,26). The van der Waals surface area contributed by atoms with Crippen molar-refractivity contribution in [3.8, 4) is 0 Å². The number of aromatic nitrogens is 3. The Bertz CT molecular complexity index is 1030. The third-order valence-electron chi connectivity index (χ3n) is 5.32. The smallest absolute Gasteiger partial charge is 0.253 e. The first-order valence-electron chi connectivity index (χ1n) is 10.4. The van der Waals surface area contributed by atoms with E-state index in [9.17, 15) is 4.79 Å². The van der Waals surface area contributed by atoms with Gasteiger partial charge in [0.15, 0.2) is 11.6 Å². The van der Waals surface area contributed by atoms with Gasteiger partial charge in [-0.25, -0.2) is 4.98 Å². The molecule has 0 spiro atoms. The van der Waals surface area contributed by atoms with E-state index in [2.05, 4.69) is 25.4 Å². The summed E-state index contributed by atoms with van der Waals surface area (Å²) in [6.45, 7) is 4.71. The molecule has 3 aromatic rings. The van der Waals surface area contributed by atoms with E-state index in [1.54, 1.807) is 0 Å². The molecule has 1 amide bonds. The zero-order valence-corrected chi connectivity index (χ0v) is 18.1. The number of piperazine rings is 1. The van der Waals surface area contributed by atoms with Gasteiger partial charge < -0.3 is 20.0 Å². The maximum Gasteiger partial charge on any atom is 0.253 e. The molecule has 0 unspecified atom stereocenters. The number of pyridine rings is 1. The van der Waals surface area contributed by atoms with Gasteiger partial charge in [0, 0.05) is 57.2 Å². The van der Waals surface area contributed by atoms with Crippen molar-refractivity contribution < 1.29 is 4.79 Å². The quantitative estimate of drug-likeness (QED) is 0.684. The minimum Gasteiger partial charge on any atom is -0.378 e. The fourth-order valence-electron chi connectivity index (χ4n) is 3.53. The summed E-state index contributed by atoms with van der Waals surface area (Å²) in [5, 5.41) is 11.8. The van der Waals surface area contributed by atoms with E-state index in [0.29, 0.717) is 18.9 Å². The molecule has 4 rings (SSSR count). The average molecular weight is 418 g/mol. The second-order valence-corrected chi connectivity index (χ2v) is 7.79. The summed E-state index contributed by atoms with van der Waals surface area (Å²) in [5.41, 5.74) is 2.74. The highest BCUT2D eigenvalue weighted by Gasteiger charge is 2.23. The Morgan fingerprint density at radius 3 is 2.26 bits per heavy atom. The number of hydrogen-bond donors (Lipinski definition) is 1. The maximum absolute atomic E-state index is 12.8. The Morgan fingerprint density at radius 2 is 1.65 bits per heavy atom. The number of amides is 1. The molecule has 0 bridgehead atoms. The van der Waals surface area contributed by atoms with Gasteiger partial charge >= 0.3 is 0 Å². The first-order chi connectivity index (χ1) is 15.0. The molecule has 0 aliphatic carbocycles. The van der Waals surface area contributed by atoms with Crippen LogP contribution in [0.4, 0.5) is 23.1 Å². The number of benzene rings is 1. The monoisotopic (exact) mass is 417 g/mol. The van der Waals surface area contributed by atoms with Gasteiger partial charge in [0.1, 0.15) is 5.82 Å². The van der Waals surface area contributed by atoms with E-state index in [-0.39, 0.29) is 5.91 Å². The van der Waals surface area contributed by atoms with Crippen molar-refractivity contribution in [2.45, 2.75) is 6.92 Å². The lowest BCUT2D eigenvalue weighted by atomic mass is 10.1. The number of carbonyl (C=O) groups excluding carboxylic acids is 1. The Morgan fingerprint density at radius 1 is 0.903 bits per heavy atom. The second kappa shape index (κ2) is 8.99. The van der Waals surface area contributed by atoms with Crippen LogP contribution in [0.3, 0.4) is 0 Å². The van der Waals surface area contributed by atoms with E-state index < -0.39 is 0 Å². The molecule has 0 saturated carbocycles. The summed E-state index contributed by atoms with van der Waals surface area (Å²) >= 11 is 0. The Labute approximate surface area is 182 Å². The average Bonchev–Trinajstić information content (AvgIpc) is 2.79. The van der Waals surface area contributed by atoms with Gasteiger partial charge in [0.2, 0.25) is 0 Å². The van der Waals surface area contributed by atoms with Crippen LogP contribution in [0, 0.1) is 6.92 Å². The number of nitrogens with one attached hydrogen (secondary N) is 1. The number of nitrogens with zero attached hydrogens (tertiary/aromatic N) is 6. The van der Waals surface area contributed by atoms with E-state index in [0.717, 1.165) is 41.7 Å². The number of anilines is 4. The van der Waals surface area contributed by atoms with Crippen LogP contribution >= 0.6 is 0 Å². The normalized spacial score (nSPS) is 13.8. The Hall–Kier alpha value is -3.68. The minimum atomic E-state index is 0.0706. The van der Waals surface area contributed by atoms with Crippen LogP contribution in [0.5, 0.6) is 0 Å². The van der Waals surface area contributed by atoms with E-state index >= 15 is 0 Å². The molecule has 3 heterocycles. The van der Waals surface area contributed by atoms with Crippen molar-refractivity contribution in [1.29, 1.82) is 0 Å². The first-order valence-corrected chi connectivity index (χ1v) is 10.4. The molecular weight excluding hydrogens is 390 g/mol. The van der Waals surface area contributed by atoms with Gasteiger partial charge in [-0.05, 0) is 55.5 Å². The molecule has 0 atom stereocenters. The molecule has 1 aliphatic rings. The molecule has 160 valence electrons. The zero-order chi connectivity index (χ0) is 21.8. The van der Waals surface area contributed by atoms with Crippen molar-refractivity contribution in [2.24, 2.45) is 0 Å². The lowest BCUT2D eigenvalue weighted by Crippen LogP contribution is -2.49. The van der Waals surface area contributed by atoms with Crippen molar-refractivity contribution >= 4 is 29.0 Å². The fraction of sp³-hybridized carbons (Fsp3) is 0.304. The lowest BCUT2D eigenvalue weighted by molar-refractivity contribution is 0.0746. The zero-order valence-electron chi connectivity index (χ0n) is 18.1. The van der Waals surface area contributed by atoms with Crippen molar-refractivity contribution in [2.75, 3.05) is 55.4 Å². The Kier molecular flexibility index (Phi) is 5.97. The third-order valence-corrected chi connectivity index (χ3v) is 5.32. The highest BCUT2D eigenvalue weighted by Crippen LogP contribution is 2.19. The van der Waals surface area contributed by atoms with Crippen LogP contribution in [0.25, 0.3) is 0 Å². The largest absolute Gasteiger partial charge is 0.378 e. The molecule has 0 radical (unpaired) electrons. The Balaban J connectivity index is 1.33. The van der Waals surface area contributed by atoms with Crippen LogP contribution in [-0.2, 0) is 0 Å². The van der Waals surface area contributed by atoms with Crippen LogP contribution in [0.1, 0.15) is 16.1 Å². The topological polar surface area (TPSA) is 77.5 Å². The molecular formula is C23H27N7O. The predicted molar refractivity (Wildman–Crippen MR) is 123 cm³/mol. The van der Waals surface area contributed by atoms with Crippen molar-refractivity contribution in [1.82, 2.24) is 20.1 Å². The van der Waals surface area contributed by atoms with Crippen molar-refractivity contribution in [3.05, 3.63) is 65.9 Å². The van der Waals surface area contributed by atoms with Gasteiger partial charge in [-0.3, -0.25) is 4.79 Å². The van der Waals surface area contributed by atoms with Gasteiger partial charge in [0.05, 0.1) is 0 Å². The van der Waals surface area contributed by atoms with Gasteiger partial charge in [-0.2, -0.15) is 0 Å². The van der Waals surface area contributed by atoms with Crippen LogP contribution in [0.15, 0.2) is 54.6 Å². The van der Waals surface area contributed by atoms with Gasteiger partial charge in [-0.1, -0.05) is 6.07 Å². The molecule has 1 aliphatic heterocycles. The van der Waals surface area contributed by atoms with Gasteiger partial charge in [0.25, 0.3) is 5.91 Å². The second-order valence-electron chi connectivity index (χ2n) is 7.79. The molecule has 1 fully saturated rings. The molecule has 1 saturated heterocycles. The summed E-state index contributed by atoms with van der Waals surface area (Å²) in [4.78, 5) is 23.3. The minimum absolute atomic E-state index is 0.0706. The molecule has 8 nitrogen and oxygen atoms in total. The molecule has 8 heteroatoms. The van der Waals surface area contributed by atoms with E-state index in [1.807, 2.05) is 85.4 Å². The lowest BCUT2D eigenvalue weighted by Gasteiger charge is -2.35. The summed E-state index contributed by atoms with van der Waals surface area (Å²) in [7, 11) is 3.97. The molecule has 2 aromatic heterocycles. The van der Waals surface area contributed by atoms with E-state index in [4.69, 9.17) is 0 Å². The number of rotatable bonds is 5. The van der Waals surface area contributed by atoms with Gasteiger partial charge in [-0.15, -0.1) is 10.2 Å². The van der Waals surface area contributed by atoms with Crippen molar-refractivity contribution in [3.63, 3.8) is 0 Å². The molecule has 1 aromatic carbocycles. The maximum atomic E-state index is 12.8. The summed E-state index contributed by atoms with van der Waals surface area (Å²) in [6.07, 6.45) is 0. The van der Waals surface area contributed by atoms with Crippen LogP contribution in [-0.4, -0.2) is 66.3 Å². The van der Waals surface area contributed by atoms with Crippen LogP contribution < -0.4 is 15.1 Å². The summed E-state index contributed by atoms with van der Waals surface area (Å²) in [5.74, 6) is 2.27. The van der Waals surface area contributed by atoms with E-state index in [1.165, 1.54) is 0 Å². The summed E-state index contributed by atoms with van der Waals surface area (Å²) < 4.78 is 0.